The Morgan fingerprint density at radius 2 is 2.26 bits per heavy atom. The second-order valence-electron chi connectivity index (χ2n) is 3.72. The Labute approximate surface area is 109 Å². The van der Waals surface area contributed by atoms with E-state index in [-0.39, 0.29) is 18.5 Å². The van der Waals surface area contributed by atoms with E-state index in [0.717, 1.165) is 12.1 Å². The third kappa shape index (κ3) is 3.48. The number of nitro benzene ring substituents is 1. The van der Waals surface area contributed by atoms with Crippen LogP contribution in [-0.2, 0) is 0 Å². The lowest BCUT2D eigenvalue weighted by molar-refractivity contribution is -0.387. The van der Waals surface area contributed by atoms with E-state index in [4.69, 9.17) is 5.26 Å². The van der Waals surface area contributed by atoms with E-state index in [0.29, 0.717) is 6.54 Å². The largest absolute Gasteiger partial charge is 0.338 e. The van der Waals surface area contributed by atoms with E-state index in [1.807, 2.05) is 6.07 Å². The molecule has 0 aromatic heterocycles. The zero-order chi connectivity index (χ0) is 14.4. The third-order valence-electron chi connectivity index (χ3n) is 2.55. The van der Waals surface area contributed by atoms with Crippen molar-refractivity contribution in [3.63, 3.8) is 0 Å². The van der Waals surface area contributed by atoms with Crippen LogP contribution in [0.2, 0.25) is 0 Å². The molecule has 0 atom stereocenters. The van der Waals surface area contributed by atoms with E-state index in [1.54, 1.807) is 6.92 Å². The molecular weight excluding hydrogens is 253 g/mol. The molecule has 0 radical (unpaired) electrons. The van der Waals surface area contributed by atoms with Gasteiger partial charge in [-0.05, 0) is 19.1 Å². The van der Waals surface area contributed by atoms with Crippen LogP contribution in [0.4, 0.5) is 10.1 Å². The van der Waals surface area contributed by atoms with Gasteiger partial charge < -0.3 is 4.90 Å². The lowest BCUT2D eigenvalue weighted by Gasteiger charge is -2.19. The van der Waals surface area contributed by atoms with Gasteiger partial charge in [0.1, 0.15) is 0 Å². The fourth-order valence-electron chi connectivity index (χ4n) is 1.56. The van der Waals surface area contributed by atoms with Crippen molar-refractivity contribution < 1.29 is 14.1 Å². The topological polar surface area (TPSA) is 87.2 Å². The van der Waals surface area contributed by atoms with Crippen LogP contribution in [0.15, 0.2) is 18.2 Å². The van der Waals surface area contributed by atoms with Gasteiger partial charge in [-0.15, -0.1) is 0 Å². The standard InChI is InChI=1S/C12H12FN3O3/c1-2-15(7-3-6-14)12(17)9-4-5-11(16(18)19)10(13)8-9/h4-5,8H,2-3,7H2,1H3. The fourth-order valence-corrected chi connectivity index (χ4v) is 1.56. The first kappa shape index (κ1) is 14.6. The molecule has 1 aromatic carbocycles. The summed E-state index contributed by atoms with van der Waals surface area (Å²) in [6.07, 6.45) is 0.176. The number of hydrogen-bond donors (Lipinski definition) is 0. The number of carbonyl (C=O) groups excluding carboxylic acids is 1. The molecular formula is C12H12FN3O3. The highest BCUT2D eigenvalue weighted by molar-refractivity contribution is 5.94. The summed E-state index contributed by atoms with van der Waals surface area (Å²) in [5, 5.41) is 19.0. The molecule has 0 spiro atoms. The number of amides is 1. The van der Waals surface area contributed by atoms with Gasteiger partial charge in [-0.25, -0.2) is 0 Å². The van der Waals surface area contributed by atoms with Crippen LogP contribution >= 0.6 is 0 Å². The minimum atomic E-state index is -1.05. The minimum absolute atomic E-state index is 0.0305. The molecule has 100 valence electrons. The molecule has 1 amide bonds. The third-order valence-corrected chi connectivity index (χ3v) is 2.55. The predicted octanol–water partition coefficient (Wildman–Crippen LogP) is 2.11. The summed E-state index contributed by atoms with van der Waals surface area (Å²) in [4.78, 5) is 23.0. The van der Waals surface area contributed by atoms with Crippen LogP contribution < -0.4 is 0 Å². The molecule has 0 fully saturated rings. The molecule has 0 aliphatic carbocycles. The number of nitriles is 1. The molecule has 1 rings (SSSR count). The Hall–Kier alpha value is -2.49. The molecule has 0 saturated heterocycles. The Morgan fingerprint density at radius 1 is 1.58 bits per heavy atom. The summed E-state index contributed by atoms with van der Waals surface area (Å²) in [5.74, 6) is -1.50. The van der Waals surface area contributed by atoms with Crippen molar-refractivity contribution in [2.24, 2.45) is 0 Å². The highest BCUT2D eigenvalue weighted by Gasteiger charge is 2.19. The van der Waals surface area contributed by atoms with Crippen LogP contribution in [0.25, 0.3) is 0 Å². The van der Waals surface area contributed by atoms with Crippen LogP contribution in [0.5, 0.6) is 0 Å². The number of nitrogens with zero attached hydrogens (tertiary/aromatic N) is 3. The first-order valence-electron chi connectivity index (χ1n) is 5.61. The highest BCUT2D eigenvalue weighted by atomic mass is 19.1. The Balaban J connectivity index is 2.97. The number of nitro groups is 1. The van der Waals surface area contributed by atoms with Gasteiger partial charge in [0, 0.05) is 24.7 Å². The van der Waals surface area contributed by atoms with Gasteiger partial charge in [-0.3, -0.25) is 14.9 Å². The van der Waals surface area contributed by atoms with Crippen molar-refractivity contribution >= 4 is 11.6 Å². The van der Waals surface area contributed by atoms with Gasteiger partial charge in [0.25, 0.3) is 5.91 Å². The van der Waals surface area contributed by atoms with Gasteiger partial charge in [-0.2, -0.15) is 9.65 Å². The van der Waals surface area contributed by atoms with Crippen LogP contribution in [0.3, 0.4) is 0 Å². The first-order chi connectivity index (χ1) is 9.01. The quantitative estimate of drug-likeness (QED) is 0.602. The van der Waals surface area contributed by atoms with E-state index in [9.17, 15) is 19.3 Å². The van der Waals surface area contributed by atoms with E-state index < -0.39 is 22.3 Å². The molecule has 0 N–H and O–H groups in total. The van der Waals surface area contributed by atoms with Gasteiger partial charge in [0.2, 0.25) is 5.82 Å². The normalized spacial score (nSPS) is 9.74. The highest BCUT2D eigenvalue weighted by Crippen LogP contribution is 2.19. The molecule has 0 unspecified atom stereocenters. The molecule has 6 nitrogen and oxygen atoms in total. The van der Waals surface area contributed by atoms with Gasteiger partial charge in [0.05, 0.1) is 17.4 Å². The Morgan fingerprint density at radius 3 is 2.74 bits per heavy atom. The molecule has 0 heterocycles. The van der Waals surface area contributed by atoms with Crippen molar-refractivity contribution in [1.82, 2.24) is 4.90 Å². The average Bonchev–Trinajstić information content (AvgIpc) is 2.38. The minimum Gasteiger partial charge on any atom is -0.338 e. The monoisotopic (exact) mass is 265 g/mol. The SMILES string of the molecule is CCN(CCC#N)C(=O)c1ccc([N+](=O)[O-])c(F)c1. The first-order valence-corrected chi connectivity index (χ1v) is 5.61. The van der Waals surface area contributed by atoms with Crippen molar-refractivity contribution in [3.8, 4) is 6.07 Å². The molecule has 0 saturated carbocycles. The van der Waals surface area contributed by atoms with Crippen LogP contribution in [-0.4, -0.2) is 28.8 Å². The average molecular weight is 265 g/mol. The second-order valence-corrected chi connectivity index (χ2v) is 3.72. The zero-order valence-corrected chi connectivity index (χ0v) is 10.3. The maximum Gasteiger partial charge on any atom is 0.304 e. The smallest absolute Gasteiger partial charge is 0.304 e. The van der Waals surface area contributed by atoms with E-state index in [1.165, 1.54) is 11.0 Å². The van der Waals surface area contributed by atoms with Gasteiger partial charge in [-0.1, -0.05) is 0 Å². The van der Waals surface area contributed by atoms with E-state index in [2.05, 4.69) is 0 Å². The van der Waals surface area contributed by atoms with Crippen molar-refractivity contribution in [2.45, 2.75) is 13.3 Å². The van der Waals surface area contributed by atoms with Crippen molar-refractivity contribution in [1.29, 1.82) is 5.26 Å². The molecule has 7 heteroatoms. The van der Waals surface area contributed by atoms with Crippen LogP contribution in [0, 0.1) is 27.3 Å². The molecule has 0 bridgehead atoms. The summed E-state index contributed by atoms with van der Waals surface area (Å²) in [5.41, 5.74) is -0.639. The number of benzene rings is 1. The summed E-state index contributed by atoms with van der Waals surface area (Å²) in [6, 6.07) is 4.93. The number of hydrogen-bond acceptors (Lipinski definition) is 4. The zero-order valence-electron chi connectivity index (χ0n) is 10.3. The summed E-state index contributed by atoms with van der Waals surface area (Å²) >= 11 is 0. The fraction of sp³-hybridized carbons (Fsp3) is 0.333. The van der Waals surface area contributed by atoms with Gasteiger partial charge >= 0.3 is 5.69 Å². The number of carbonyl (C=O) groups is 1. The number of halogens is 1. The Kier molecular flexibility index (Phi) is 4.94. The maximum absolute atomic E-state index is 13.4. The summed E-state index contributed by atoms with van der Waals surface area (Å²) in [7, 11) is 0. The molecule has 0 aliphatic rings. The molecule has 1 aromatic rings. The lowest BCUT2D eigenvalue weighted by Crippen LogP contribution is -2.31. The molecule has 19 heavy (non-hydrogen) atoms. The Bertz CT molecular complexity index is 540. The van der Waals surface area contributed by atoms with Crippen LogP contribution in [0.1, 0.15) is 23.7 Å². The number of rotatable bonds is 5. The van der Waals surface area contributed by atoms with E-state index >= 15 is 0 Å². The lowest BCUT2D eigenvalue weighted by atomic mass is 10.1. The molecule has 0 aliphatic heterocycles. The van der Waals surface area contributed by atoms with Gasteiger partial charge in [0.15, 0.2) is 0 Å². The predicted molar refractivity (Wildman–Crippen MR) is 64.9 cm³/mol. The second kappa shape index (κ2) is 6.44. The summed E-state index contributed by atoms with van der Waals surface area (Å²) in [6.45, 7) is 2.35. The van der Waals surface area contributed by atoms with Crippen molar-refractivity contribution in [2.75, 3.05) is 13.1 Å². The van der Waals surface area contributed by atoms with Crippen molar-refractivity contribution in [3.05, 3.63) is 39.7 Å². The maximum atomic E-state index is 13.4. The summed E-state index contributed by atoms with van der Waals surface area (Å²) < 4.78 is 13.4.